The Morgan fingerprint density at radius 3 is 2.50 bits per heavy atom. The molecule has 0 saturated heterocycles. The van der Waals surface area contributed by atoms with Crippen LogP contribution in [0, 0.1) is 5.41 Å². The number of aliphatic imine (C=N–C) groups is 2. The molecule has 18 heavy (non-hydrogen) atoms. The zero-order chi connectivity index (χ0) is 13.1. The van der Waals surface area contributed by atoms with E-state index in [-0.39, 0.29) is 0 Å². The van der Waals surface area contributed by atoms with Gasteiger partial charge in [0, 0.05) is 31.0 Å². The second kappa shape index (κ2) is 8.82. The molecular weight excluding hydrogens is 222 g/mol. The molecule has 0 aromatic rings. The first kappa shape index (κ1) is 13.8. The molecule has 0 radical (unpaired) electrons. The van der Waals surface area contributed by atoms with Gasteiger partial charge in [0.25, 0.3) is 0 Å². The molecule has 0 aromatic heterocycles. The quantitative estimate of drug-likeness (QED) is 0.521. The van der Waals surface area contributed by atoms with Gasteiger partial charge >= 0.3 is 0 Å². The van der Waals surface area contributed by atoms with Crippen molar-refractivity contribution in [3.8, 4) is 0 Å². The SMILES string of the molecule is C=C\N=C/C=N/C=C/C(/C=C\C=C\C=N)=C1CC1. The predicted molar refractivity (Wildman–Crippen MR) is 79.6 cm³/mol. The summed E-state index contributed by atoms with van der Waals surface area (Å²) in [6.07, 6.45) is 19.5. The topological polar surface area (TPSA) is 48.6 Å². The third-order valence-corrected chi connectivity index (χ3v) is 2.19. The van der Waals surface area contributed by atoms with Gasteiger partial charge in [-0.1, -0.05) is 30.4 Å². The molecule has 0 heterocycles. The Kier molecular flexibility index (Phi) is 6.75. The smallest absolute Gasteiger partial charge is 0.0450 e. The number of hydrogen-bond acceptors (Lipinski definition) is 3. The fourth-order valence-corrected chi connectivity index (χ4v) is 1.23. The van der Waals surface area contributed by atoms with Crippen molar-refractivity contribution in [2.75, 3.05) is 0 Å². The largest absolute Gasteiger partial charge is 0.309 e. The van der Waals surface area contributed by atoms with Gasteiger partial charge in [-0.3, -0.25) is 9.98 Å². The van der Waals surface area contributed by atoms with E-state index in [1.54, 1.807) is 24.7 Å². The van der Waals surface area contributed by atoms with Crippen LogP contribution < -0.4 is 0 Å². The van der Waals surface area contributed by atoms with Crippen LogP contribution in [0.4, 0.5) is 0 Å². The zero-order valence-corrected chi connectivity index (χ0v) is 10.3. The Morgan fingerprint density at radius 2 is 1.83 bits per heavy atom. The van der Waals surface area contributed by atoms with Crippen molar-refractivity contribution in [2.24, 2.45) is 9.98 Å². The molecule has 0 aliphatic heterocycles. The summed E-state index contributed by atoms with van der Waals surface area (Å²) >= 11 is 0. The molecule has 0 unspecified atom stereocenters. The van der Waals surface area contributed by atoms with Crippen LogP contribution in [0.25, 0.3) is 0 Å². The minimum Gasteiger partial charge on any atom is -0.309 e. The monoisotopic (exact) mass is 239 g/mol. The Morgan fingerprint density at radius 1 is 1.06 bits per heavy atom. The highest BCUT2D eigenvalue weighted by molar-refractivity contribution is 6.16. The molecule has 1 aliphatic carbocycles. The van der Waals surface area contributed by atoms with Crippen LogP contribution in [0.2, 0.25) is 0 Å². The van der Waals surface area contributed by atoms with Crippen LogP contribution in [0.15, 0.2) is 70.5 Å². The molecule has 0 aromatic carbocycles. The molecule has 1 fully saturated rings. The molecule has 92 valence electrons. The van der Waals surface area contributed by atoms with Gasteiger partial charge in [-0.15, -0.1) is 0 Å². The van der Waals surface area contributed by atoms with E-state index in [0.717, 1.165) is 0 Å². The lowest BCUT2D eigenvalue weighted by atomic mass is 10.2. The molecule has 1 rings (SSSR count). The maximum absolute atomic E-state index is 6.87. The molecule has 0 spiro atoms. The third kappa shape index (κ3) is 6.33. The first-order valence-electron chi connectivity index (χ1n) is 5.76. The molecule has 0 amide bonds. The second-order valence-corrected chi connectivity index (χ2v) is 3.56. The average molecular weight is 239 g/mol. The van der Waals surface area contributed by atoms with Crippen LogP contribution in [-0.2, 0) is 0 Å². The van der Waals surface area contributed by atoms with Crippen molar-refractivity contribution in [3.63, 3.8) is 0 Å². The van der Waals surface area contributed by atoms with Crippen LogP contribution >= 0.6 is 0 Å². The summed E-state index contributed by atoms with van der Waals surface area (Å²) in [5.41, 5.74) is 2.64. The lowest BCUT2D eigenvalue weighted by molar-refractivity contribution is 1.50. The van der Waals surface area contributed by atoms with E-state index in [1.165, 1.54) is 36.4 Å². The standard InChI is InChI=1S/C15H17N3/c1-2-17-12-13-18-11-9-14(15-7-8-15)6-4-3-5-10-16/h2-6,9-13,16H,1,7-8H2/b5-3+,6-4-,11-9+,16-10?,17-12-,18-13+. The number of nitrogens with one attached hydrogen (secondary N) is 1. The van der Waals surface area contributed by atoms with Crippen molar-refractivity contribution in [1.82, 2.24) is 0 Å². The molecular formula is C15H17N3. The van der Waals surface area contributed by atoms with Gasteiger partial charge in [0.15, 0.2) is 0 Å². The van der Waals surface area contributed by atoms with Gasteiger partial charge in [-0.05, 0) is 30.6 Å². The predicted octanol–water partition coefficient (Wildman–Crippen LogP) is 3.64. The summed E-state index contributed by atoms with van der Waals surface area (Å²) in [5, 5.41) is 6.87. The highest BCUT2D eigenvalue weighted by Gasteiger charge is 2.13. The summed E-state index contributed by atoms with van der Waals surface area (Å²) in [5.74, 6) is 0. The summed E-state index contributed by atoms with van der Waals surface area (Å²) in [4.78, 5) is 7.88. The van der Waals surface area contributed by atoms with Gasteiger partial charge in [0.05, 0.1) is 0 Å². The number of nitrogens with zero attached hydrogens (tertiary/aromatic N) is 2. The highest BCUT2D eigenvalue weighted by atomic mass is 14.7. The minimum atomic E-state index is 1.17. The lowest BCUT2D eigenvalue weighted by Gasteiger charge is -1.89. The maximum atomic E-state index is 6.87. The number of allylic oxidation sites excluding steroid dienone is 7. The molecule has 1 aliphatic rings. The van der Waals surface area contributed by atoms with Crippen LogP contribution in [-0.4, -0.2) is 18.6 Å². The molecule has 3 heteroatoms. The van der Waals surface area contributed by atoms with Crippen molar-refractivity contribution >= 4 is 18.6 Å². The van der Waals surface area contributed by atoms with E-state index >= 15 is 0 Å². The minimum absolute atomic E-state index is 1.17. The molecule has 3 nitrogen and oxygen atoms in total. The zero-order valence-electron chi connectivity index (χ0n) is 10.3. The Hall–Kier alpha value is -2.29. The fourth-order valence-electron chi connectivity index (χ4n) is 1.23. The molecule has 0 bridgehead atoms. The number of hydrogen-bond donors (Lipinski definition) is 1. The molecule has 1 saturated carbocycles. The summed E-state index contributed by atoms with van der Waals surface area (Å²) in [6.45, 7) is 3.47. The summed E-state index contributed by atoms with van der Waals surface area (Å²) in [6, 6.07) is 0. The van der Waals surface area contributed by atoms with E-state index in [2.05, 4.69) is 16.6 Å². The normalized spacial score (nSPS) is 15.7. The van der Waals surface area contributed by atoms with E-state index in [0.29, 0.717) is 0 Å². The first-order chi connectivity index (χ1) is 8.88. The van der Waals surface area contributed by atoms with Crippen molar-refractivity contribution in [2.45, 2.75) is 12.8 Å². The molecule has 1 N–H and O–H groups in total. The van der Waals surface area contributed by atoms with Crippen molar-refractivity contribution < 1.29 is 0 Å². The Bertz CT molecular complexity index is 454. The number of rotatable bonds is 7. The van der Waals surface area contributed by atoms with Gasteiger partial charge in [-0.2, -0.15) is 0 Å². The fraction of sp³-hybridized carbons (Fsp3) is 0.133. The third-order valence-electron chi connectivity index (χ3n) is 2.19. The maximum Gasteiger partial charge on any atom is 0.0450 e. The van der Waals surface area contributed by atoms with Crippen molar-refractivity contribution in [1.29, 1.82) is 5.41 Å². The van der Waals surface area contributed by atoms with Gasteiger partial charge in [0.2, 0.25) is 0 Å². The van der Waals surface area contributed by atoms with E-state index in [4.69, 9.17) is 5.41 Å². The highest BCUT2D eigenvalue weighted by Crippen LogP contribution is 2.32. The van der Waals surface area contributed by atoms with Gasteiger partial charge in [-0.25, -0.2) is 0 Å². The van der Waals surface area contributed by atoms with Crippen molar-refractivity contribution in [3.05, 3.63) is 60.5 Å². The van der Waals surface area contributed by atoms with E-state index < -0.39 is 0 Å². The average Bonchev–Trinajstić information content (AvgIpc) is 3.20. The van der Waals surface area contributed by atoms with Gasteiger partial charge < -0.3 is 5.41 Å². The van der Waals surface area contributed by atoms with E-state index in [1.807, 2.05) is 24.3 Å². The lowest BCUT2D eigenvalue weighted by Crippen LogP contribution is -1.73. The van der Waals surface area contributed by atoms with Crippen LogP contribution in [0.1, 0.15) is 12.8 Å². The molecule has 0 atom stereocenters. The van der Waals surface area contributed by atoms with Crippen LogP contribution in [0.3, 0.4) is 0 Å². The van der Waals surface area contributed by atoms with E-state index in [9.17, 15) is 0 Å². The van der Waals surface area contributed by atoms with Gasteiger partial charge in [0.1, 0.15) is 0 Å². The summed E-state index contributed by atoms with van der Waals surface area (Å²) in [7, 11) is 0. The Balaban J connectivity index is 2.55. The first-order valence-corrected chi connectivity index (χ1v) is 5.76. The van der Waals surface area contributed by atoms with Crippen LogP contribution in [0.5, 0.6) is 0 Å². The summed E-state index contributed by atoms with van der Waals surface area (Å²) < 4.78 is 0. The second-order valence-electron chi connectivity index (χ2n) is 3.56. The Labute approximate surface area is 108 Å².